The minimum Gasteiger partial charge on any atom is -0.311 e. The van der Waals surface area contributed by atoms with Crippen LogP contribution in [0.4, 0.5) is 4.39 Å². The maximum absolute atomic E-state index is 12.9. The van der Waals surface area contributed by atoms with E-state index in [1.54, 1.807) is 12.1 Å². The highest BCUT2D eigenvalue weighted by molar-refractivity contribution is 5.16. The van der Waals surface area contributed by atoms with Gasteiger partial charge >= 0.3 is 0 Å². The largest absolute Gasteiger partial charge is 0.311 e. The molecule has 0 aromatic heterocycles. The van der Waals surface area contributed by atoms with E-state index in [0.717, 1.165) is 19.6 Å². The molecule has 1 fully saturated rings. The van der Waals surface area contributed by atoms with Gasteiger partial charge < -0.3 is 5.32 Å². The van der Waals surface area contributed by atoms with E-state index in [4.69, 9.17) is 0 Å². The molecule has 2 atom stereocenters. The highest BCUT2D eigenvalue weighted by Crippen LogP contribution is 2.16. The molecule has 0 radical (unpaired) electrons. The zero-order valence-electron chi connectivity index (χ0n) is 11.3. The Balaban J connectivity index is 2.01. The van der Waals surface area contributed by atoms with Crippen LogP contribution in [0.1, 0.15) is 32.3 Å². The first-order valence-corrected chi connectivity index (χ1v) is 6.91. The minimum atomic E-state index is -0.155. The molecule has 0 saturated carbocycles. The van der Waals surface area contributed by atoms with E-state index in [0.29, 0.717) is 12.1 Å². The Morgan fingerprint density at radius 3 is 2.72 bits per heavy atom. The molecule has 0 amide bonds. The minimum absolute atomic E-state index is 0.155. The average Bonchev–Trinajstić information content (AvgIpc) is 2.36. The summed E-state index contributed by atoms with van der Waals surface area (Å²) in [5, 5.41) is 3.54. The lowest BCUT2D eigenvalue weighted by Crippen LogP contribution is -2.54. The zero-order chi connectivity index (χ0) is 13.0. The molecule has 0 spiro atoms. The summed E-state index contributed by atoms with van der Waals surface area (Å²) >= 11 is 0. The van der Waals surface area contributed by atoms with Crippen LogP contribution in [0.3, 0.4) is 0 Å². The molecular weight excluding hydrogens is 227 g/mol. The summed E-state index contributed by atoms with van der Waals surface area (Å²) in [7, 11) is 0. The molecule has 100 valence electrons. The first-order chi connectivity index (χ1) is 8.69. The summed E-state index contributed by atoms with van der Waals surface area (Å²) in [6.07, 6.45) is 2.43. The Labute approximate surface area is 109 Å². The van der Waals surface area contributed by atoms with Crippen LogP contribution in [-0.2, 0) is 6.54 Å². The van der Waals surface area contributed by atoms with Crippen molar-refractivity contribution in [2.75, 3.05) is 13.1 Å². The Bertz CT molecular complexity index is 363. The van der Waals surface area contributed by atoms with Crippen LogP contribution in [0, 0.1) is 5.82 Å². The van der Waals surface area contributed by atoms with Crippen LogP contribution >= 0.6 is 0 Å². The van der Waals surface area contributed by atoms with Crippen LogP contribution in [0.2, 0.25) is 0 Å². The van der Waals surface area contributed by atoms with Gasteiger partial charge in [0.25, 0.3) is 0 Å². The summed E-state index contributed by atoms with van der Waals surface area (Å²) in [4.78, 5) is 2.53. The van der Waals surface area contributed by atoms with Gasteiger partial charge in [-0.1, -0.05) is 25.5 Å². The van der Waals surface area contributed by atoms with Crippen molar-refractivity contribution >= 4 is 0 Å². The average molecular weight is 250 g/mol. The highest BCUT2D eigenvalue weighted by atomic mass is 19.1. The normalized spacial score (nSPS) is 25.3. The topological polar surface area (TPSA) is 15.3 Å². The number of nitrogens with one attached hydrogen (secondary N) is 1. The number of piperazine rings is 1. The van der Waals surface area contributed by atoms with E-state index in [1.807, 2.05) is 12.1 Å². The third-order valence-corrected chi connectivity index (χ3v) is 3.65. The standard InChI is InChI=1S/C15H23FN2/c1-3-4-15-9-17-12(2)10-18(15)11-13-5-7-14(16)8-6-13/h5-8,12,15,17H,3-4,9-11H2,1-2H3. The Morgan fingerprint density at radius 2 is 2.06 bits per heavy atom. The Morgan fingerprint density at radius 1 is 1.33 bits per heavy atom. The molecule has 18 heavy (non-hydrogen) atoms. The number of halogens is 1. The van der Waals surface area contributed by atoms with Crippen LogP contribution in [0.5, 0.6) is 0 Å². The number of nitrogens with zero attached hydrogens (tertiary/aromatic N) is 1. The van der Waals surface area contributed by atoms with Gasteiger partial charge in [-0.05, 0) is 31.0 Å². The van der Waals surface area contributed by atoms with Gasteiger partial charge in [-0.2, -0.15) is 0 Å². The SMILES string of the molecule is CCCC1CNC(C)CN1Cc1ccc(F)cc1. The van der Waals surface area contributed by atoms with Gasteiger partial charge in [0.15, 0.2) is 0 Å². The number of hydrogen-bond donors (Lipinski definition) is 1. The third-order valence-electron chi connectivity index (χ3n) is 3.65. The monoisotopic (exact) mass is 250 g/mol. The van der Waals surface area contributed by atoms with Gasteiger partial charge in [0, 0.05) is 31.7 Å². The molecule has 1 saturated heterocycles. The first kappa shape index (κ1) is 13.5. The molecule has 1 aromatic carbocycles. The van der Waals surface area contributed by atoms with E-state index in [1.165, 1.54) is 18.4 Å². The van der Waals surface area contributed by atoms with Crippen molar-refractivity contribution < 1.29 is 4.39 Å². The Hall–Kier alpha value is -0.930. The second-order valence-electron chi connectivity index (χ2n) is 5.31. The highest BCUT2D eigenvalue weighted by Gasteiger charge is 2.24. The predicted molar refractivity (Wildman–Crippen MR) is 73.0 cm³/mol. The molecular formula is C15H23FN2. The first-order valence-electron chi connectivity index (χ1n) is 6.91. The second-order valence-corrected chi connectivity index (χ2v) is 5.31. The lowest BCUT2D eigenvalue weighted by Gasteiger charge is -2.39. The molecule has 1 heterocycles. The lowest BCUT2D eigenvalue weighted by atomic mass is 10.0. The van der Waals surface area contributed by atoms with Gasteiger partial charge in [0.2, 0.25) is 0 Å². The van der Waals surface area contributed by atoms with Crippen molar-refractivity contribution in [3.63, 3.8) is 0 Å². The van der Waals surface area contributed by atoms with Crippen LogP contribution in [0.15, 0.2) is 24.3 Å². The molecule has 1 aliphatic heterocycles. The van der Waals surface area contributed by atoms with Gasteiger partial charge in [-0.25, -0.2) is 4.39 Å². The van der Waals surface area contributed by atoms with E-state index in [2.05, 4.69) is 24.1 Å². The Kier molecular flexibility index (Phi) is 4.72. The fraction of sp³-hybridized carbons (Fsp3) is 0.600. The predicted octanol–water partition coefficient (Wildman–Crippen LogP) is 2.79. The van der Waals surface area contributed by atoms with Crippen LogP contribution < -0.4 is 5.32 Å². The van der Waals surface area contributed by atoms with Crippen molar-refractivity contribution in [1.29, 1.82) is 0 Å². The fourth-order valence-corrected chi connectivity index (χ4v) is 2.67. The van der Waals surface area contributed by atoms with Gasteiger partial charge in [-0.15, -0.1) is 0 Å². The van der Waals surface area contributed by atoms with E-state index in [9.17, 15) is 4.39 Å². The van der Waals surface area contributed by atoms with E-state index in [-0.39, 0.29) is 5.82 Å². The molecule has 0 bridgehead atoms. The molecule has 0 aliphatic carbocycles. The van der Waals surface area contributed by atoms with Crippen LogP contribution in [-0.4, -0.2) is 30.1 Å². The maximum Gasteiger partial charge on any atom is 0.123 e. The second kappa shape index (κ2) is 6.30. The van der Waals surface area contributed by atoms with Crippen molar-refractivity contribution in [3.05, 3.63) is 35.6 Å². The van der Waals surface area contributed by atoms with Crippen LogP contribution in [0.25, 0.3) is 0 Å². The summed E-state index contributed by atoms with van der Waals surface area (Å²) in [6.45, 7) is 7.52. The smallest absolute Gasteiger partial charge is 0.123 e. The molecule has 2 unspecified atom stereocenters. The van der Waals surface area contributed by atoms with Crippen molar-refractivity contribution in [1.82, 2.24) is 10.2 Å². The number of rotatable bonds is 4. The van der Waals surface area contributed by atoms with Gasteiger partial charge in [-0.3, -0.25) is 4.90 Å². The molecule has 1 aromatic rings. The third kappa shape index (κ3) is 3.53. The molecule has 2 rings (SSSR count). The molecule has 3 heteroatoms. The summed E-state index contributed by atoms with van der Waals surface area (Å²) in [5.74, 6) is -0.155. The van der Waals surface area contributed by atoms with Crippen molar-refractivity contribution in [3.8, 4) is 0 Å². The molecule has 2 nitrogen and oxygen atoms in total. The zero-order valence-corrected chi connectivity index (χ0v) is 11.3. The summed E-state index contributed by atoms with van der Waals surface area (Å²) in [5.41, 5.74) is 1.20. The summed E-state index contributed by atoms with van der Waals surface area (Å²) in [6, 6.07) is 8.04. The van der Waals surface area contributed by atoms with E-state index < -0.39 is 0 Å². The molecule has 1 N–H and O–H groups in total. The number of benzene rings is 1. The molecule has 1 aliphatic rings. The lowest BCUT2D eigenvalue weighted by molar-refractivity contribution is 0.120. The maximum atomic E-state index is 12.9. The van der Waals surface area contributed by atoms with Crippen molar-refractivity contribution in [2.45, 2.75) is 45.3 Å². The summed E-state index contributed by atoms with van der Waals surface area (Å²) < 4.78 is 12.9. The van der Waals surface area contributed by atoms with Gasteiger partial charge in [0.05, 0.1) is 0 Å². The quantitative estimate of drug-likeness (QED) is 0.884. The van der Waals surface area contributed by atoms with E-state index >= 15 is 0 Å². The van der Waals surface area contributed by atoms with Crippen molar-refractivity contribution in [2.24, 2.45) is 0 Å². The number of hydrogen-bond acceptors (Lipinski definition) is 2. The van der Waals surface area contributed by atoms with Gasteiger partial charge in [0.1, 0.15) is 5.82 Å². The fourth-order valence-electron chi connectivity index (χ4n) is 2.67.